The van der Waals surface area contributed by atoms with Gasteiger partial charge in [-0.25, -0.2) is 13.1 Å². The van der Waals surface area contributed by atoms with Crippen LogP contribution in [-0.2, 0) is 16.6 Å². The van der Waals surface area contributed by atoms with Crippen LogP contribution in [0.15, 0.2) is 29.2 Å². The normalized spacial score (nSPS) is 24.6. The van der Waals surface area contributed by atoms with Crippen molar-refractivity contribution in [3.8, 4) is 0 Å². The lowest BCUT2D eigenvalue weighted by Crippen LogP contribution is -2.58. The minimum atomic E-state index is -3.55. The van der Waals surface area contributed by atoms with E-state index in [0.29, 0.717) is 11.4 Å². The van der Waals surface area contributed by atoms with Crippen molar-refractivity contribution in [1.29, 1.82) is 0 Å². The lowest BCUT2D eigenvalue weighted by Gasteiger charge is -2.42. The van der Waals surface area contributed by atoms with E-state index in [2.05, 4.69) is 16.5 Å². The van der Waals surface area contributed by atoms with Crippen molar-refractivity contribution in [2.75, 3.05) is 20.6 Å². The average molecular weight is 376 g/mol. The molecule has 0 spiro atoms. The Balaban J connectivity index is 0.00000288. The first kappa shape index (κ1) is 21.4. The molecule has 0 bridgehead atoms. The van der Waals surface area contributed by atoms with Crippen molar-refractivity contribution in [1.82, 2.24) is 9.62 Å². The van der Waals surface area contributed by atoms with E-state index in [1.807, 2.05) is 26.2 Å². The van der Waals surface area contributed by atoms with Crippen molar-refractivity contribution < 1.29 is 8.42 Å². The first-order chi connectivity index (χ1) is 10.8. The van der Waals surface area contributed by atoms with Gasteiger partial charge in [-0.3, -0.25) is 0 Å². The van der Waals surface area contributed by atoms with E-state index in [-0.39, 0.29) is 18.3 Å². The van der Waals surface area contributed by atoms with Gasteiger partial charge in [0.05, 0.1) is 4.90 Å². The molecule has 1 aliphatic carbocycles. The molecule has 1 aromatic rings. The molecule has 5 nitrogen and oxygen atoms in total. The number of rotatable bonds is 6. The number of nitrogens with one attached hydrogen (secondary N) is 1. The lowest BCUT2D eigenvalue weighted by molar-refractivity contribution is 0.191. The number of benzene rings is 1. The fourth-order valence-electron chi connectivity index (χ4n) is 3.38. The van der Waals surface area contributed by atoms with Crippen LogP contribution < -0.4 is 10.5 Å². The quantitative estimate of drug-likeness (QED) is 0.800. The molecule has 0 radical (unpaired) electrons. The van der Waals surface area contributed by atoms with E-state index in [1.165, 1.54) is 0 Å². The molecule has 0 heterocycles. The van der Waals surface area contributed by atoms with Crippen molar-refractivity contribution in [3.63, 3.8) is 0 Å². The van der Waals surface area contributed by atoms with E-state index < -0.39 is 15.6 Å². The third-order valence-electron chi connectivity index (χ3n) is 4.89. The van der Waals surface area contributed by atoms with Crippen LogP contribution in [0.5, 0.6) is 0 Å². The molecular formula is C17H30ClN3O2S. The standard InChI is InChI=1S/C17H29N3O2S.ClH/c1-14-6-4-5-11-17(14,13-18)19-23(21,22)16-9-7-15(8-10-16)12-20(2)3;/h7-10,14,19H,4-6,11-13,18H2,1-3H3;1H. The molecule has 3 N–H and O–H groups in total. The van der Waals surface area contributed by atoms with E-state index in [1.54, 1.807) is 12.1 Å². The highest BCUT2D eigenvalue weighted by molar-refractivity contribution is 7.89. The zero-order chi connectivity index (χ0) is 17.1. The van der Waals surface area contributed by atoms with Crippen LogP contribution in [-0.4, -0.2) is 39.5 Å². The summed E-state index contributed by atoms with van der Waals surface area (Å²) < 4.78 is 28.5. The molecule has 0 aliphatic heterocycles. The minimum Gasteiger partial charge on any atom is -0.329 e. The van der Waals surface area contributed by atoms with Gasteiger partial charge < -0.3 is 10.6 Å². The topological polar surface area (TPSA) is 75.4 Å². The highest BCUT2D eigenvalue weighted by atomic mass is 35.5. The van der Waals surface area contributed by atoms with E-state index >= 15 is 0 Å². The van der Waals surface area contributed by atoms with Gasteiger partial charge in [0.25, 0.3) is 0 Å². The van der Waals surface area contributed by atoms with Crippen LogP contribution >= 0.6 is 12.4 Å². The fourth-order valence-corrected chi connectivity index (χ4v) is 4.91. The molecule has 2 rings (SSSR count). The maximum Gasteiger partial charge on any atom is 0.241 e. The summed E-state index contributed by atoms with van der Waals surface area (Å²) in [5.41, 5.74) is 6.54. The van der Waals surface area contributed by atoms with Crippen molar-refractivity contribution in [3.05, 3.63) is 29.8 Å². The van der Waals surface area contributed by atoms with Crippen LogP contribution in [0.2, 0.25) is 0 Å². The zero-order valence-corrected chi connectivity index (χ0v) is 16.4. The molecule has 1 fully saturated rings. The number of hydrogen-bond acceptors (Lipinski definition) is 4. The maximum absolute atomic E-state index is 12.8. The Labute approximate surface area is 152 Å². The van der Waals surface area contributed by atoms with Crippen molar-refractivity contribution in [2.24, 2.45) is 11.7 Å². The third-order valence-corrected chi connectivity index (χ3v) is 6.46. The Hall–Kier alpha value is -0.660. The first-order valence-corrected chi connectivity index (χ1v) is 9.75. The Morgan fingerprint density at radius 2 is 1.88 bits per heavy atom. The Bertz CT molecular complexity index is 619. The molecule has 2 atom stereocenters. The number of halogens is 1. The van der Waals surface area contributed by atoms with Crippen LogP contribution in [0.4, 0.5) is 0 Å². The van der Waals surface area contributed by atoms with Crippen LogP contribution in [0.25, 0.3) is 0 Å². The smallest absolute Gasteiger partial charge is 0.241 e. The molecule has 7 heteroatoms. The van der Waals surface area contributed by atoms with Crippen LogP contribution in [0, 0.1) is 5.92 Å². The molecule has 1 aliphatic rings. The summed E-state index contributed by atoms with van der Waals surface area (Å²) in [6, 6.07) is 7.10. The second-order valence-electron chi connectivity index (χ2n) is 6.99. The molecule has 0 amide bonds. The molecule has 24 heavy (non-hydrogen) atoms. The first-order valence-electron chi connectivity index (χ1n) is 8.27. The van der Waals surface area contributed by atoms with Crippen LogP contribution in [0.3, 0.4) is 0 Å². The van der Waals surface area contributed by atoms with Crippen LogP contribution in [0.1, 0.15) is 38.2 Å². The van der Waals surface area contributed by atoms with E-state index in [4.69, 9.17) is 5.73 Å². The van der Waals surface area contributed by atoms with Crippen molar-refractivity contribution >= 4 is 22.4 Å². The van der Waals surface area contributed by atoms with Gasteiger partial charge in [0, 0.05) is 18.6 Å². The molecular weight excluding hydrogens is 346 g/mol. The monoisotopic (exact) mass is 375 g/mol. The average Bonchev–Trinajstić information content (AvgIpc) is 2.49. The van der Waals surface area contributed by atoms with Gasteiger partial charge in [0.1, 0.15) is 0 Å². The molecule has 0 saturated heterocycles. The van der Waals surface area contributed by atoms with E-state index in [0.717, 1.165) is 37.8 Å². The number of nitrogens with two attached hydrogens (primary N) is 1. The predicted octanol–water partition coefficient (Wildman–Crippen LogP) is 2.36. The molecule has 1 saturated carbocycles. The highest BCUT2D eigenvalue weighted by Crippen LogP contribution is 2.34. The van der Waals surface area contributed by atoms with Gasteiger partial charge in [-0.1, -0.05) is 31.9 Å². The maximum atomic E-state index is 12.8. The summed E-state index contributed by atoms with van der Waals surface area (Å²) in [5, 5.41) is 0. The van der Waals surface area contributed by atoms with Gasteiger partial charge in [-0.15, -0.1) is 12.4 Å². The minimum absolute atomic E-state index is 0. The summed E-state index contributed by atoms with van der Waals surface area (Å²) in [5.74, 6) is 0.254. The van der Waals surface area contributed by atoms with Gasteiger partial charge in [-0.2, -0.15) is 0 Å². The zero-order valence-electron chi connectivity index (χ0n) is 14.8. The fraction of sp³-hybridized carbons (Fsp3) is 0.647. The molecule has 0 aromatic heterocycles. The molecule has 2 unspecified atom stereocenters. The Morgan fingerprint density at radius 3 is 2.38 bits per heavy atom. The second kappa shape index (κ2) is 8.63. The highest BCUT2D eigenvalue weighted by Gasteiger charge is 2.40. The largest absolute Gasteiger partial charge is 0.329 e. The van der Waals surface area contributed by atoms with Gasteiger partial charge in [0.2, 0.25) is 10.0 Å². The Morgan fingerprint density at radius 1 is 1.25 bits per heavy atom. The Kier molecular flexibility index (Phi) is 7.69. The van der Waals surface area contributed by atoms with Crippen molar-refractivity contribution in [2.45, 2.75) is 49.6 Å². The number of sulfonamides is 1. The summed E-state index contributed by atoms with van der Waals surface area (Å²) in [4.78, 5) is 2.36. The summed E-state index contributed by atoms with van der Waals surface area (Å²) in [6.07, 6.45) is 3.99. The summed E-state index contributed by atoms with van der Waals surface area (Å²) >= 11 is 0. The summed E-state index contributed by atoms with van der Waals surface area (Å²) in [7, 11) is 0.423. The second-order valence-corrected chi connectivity index (χ2v) is 8.68. The predicted molar refractivity (Wildman–Crippen MR) is 101 cm³/mol. The molecule has 1 aromatic carbocycles. The SMILES string of the molecule is CC1CCCCC1(CN)NS(=O)(=O)c1ccc(CN(C)C)cc1.Cl. The van der Waals surface area contributed by atoms with E-state index in [9.17, 15) is 8.42 Å². The van der Waals surface area contributed by atoms with Gasteiger partial charge in [0.15, 0.2) is 0 Å². The van der Waals surface area contributed by atoms with Gasteiger partial charge in [-0.05, 0) is 50.6 Å². The summed E-state index contributed by atoms with van der Waals surface area (Å²) in [6.45, 7) is 3.22. The lowest BCUT2D eigenvalue weighted by atomic mass is 9.74. The number of nitrogens with zero attached hydrogens (tertiary/aromatic N) is 1. The van der Waals surface area contributed by atoms with Gasteiger partial charge >= 0.3 is 0 Å². The number of hydrogen-bond donors (Lipinski definition) is 2. The third kappa shape index (κ3) is 4.92. The molecule has 138 valence electrons.